The lowest BCUT2D eigenvalue weighted by Crippen LogP contribution is -2.31. The number of alkyl halides is 3. The SMILES string of the molecule is CC(Cc1cccc(C(F)(F)F)c1)NCCOC(=O)c1ccccc1.CCCCCCc1ccc(O)cc1O.Cl. The largest absolute Gasteiger partial charge is 0.508 e. The first kappa shape index (κ1) is 34.8. The van der Waals surface area contributed by atoms with Crippen LogP contribution in [0.4, 0.5) is 13.2 Å². The van der Waals surface area contributed by atoms with Crippen molar-refractivity contribution >= 4 is 18.4 Å². The highest BCUT2D eigenvalue weighted by Gasteiger charge is 2.30. The number of benzene rings is 3. The molecule has 220 valence electrons. The number of unbranched alkanes of at least 4 members (excludes halogenated alkanes) is 3. The molecular weight excluding hydrogens is 543 g/mol. The van der Waals surface area contributed by atoms with Crippen LogP contribution in [0.1, 0.15) is 66.6 Å². The molecule has 0 fully saturated rings. The van der Waals surface area contributed by atoms with Crippen LogP contribution in [0.15, 0.2) is 72.8 Å². The van der Waals surface area contributed by atoms with Crippen LogP contribution < -0.4 is 5.32 Å². The summed E-state index contributed by atoms with van der Waals surface area (Å²) in [5, 5.41) is 21.7. The van der Waals surface area contributed by atoms with Gasteiger partial charge in [-0.3, -0.25) is 0 Å². The number of esters is 1. The maximum Gasteiger partial charge on any atom is 0.416 e. The van der Waals surface area contributed by atoms with E-state index in [4.69, 9.17) is 9.84 Å². The molecule has 0 aliphatic carbocycles. The van der Waals surface area contributed by atoms with Gasteiger partial charge < -0.3 is 20.3 Å². The summed E-state index contributed by atoms with van der Waals surface area (Å²) in [6.07, 6.45) is 1.80. The third-order valence-electron chi connectivity index (χ3n) is 6.00. The van der Waals surface area contributed by atoms with Crippen LogP contribution in [0.5, 0.6) is 11.5 Å². The number of halogens is 4. The number of rotatable bonds is 12. The van der Waals surface area contributed by atoms with Gasteiger partial charge in [0.25, 0.3) is 0 Å². The van der Waals surface area contributed by atoms with Gasteiger partial charge in [0.05, 0.1) is 11.1 Å². The van der Waals surface area contributed by atoms with E-state index in [-0.39, 0.29) is 36.6 Å². The minimum atomic E-state index is -4.34. The second-order valence-electron chi connectivity index (χ2n) is 9.38. The molecule has 3 aromatic rings. The molecule has 3 aromatic carbocycles. The number of carbonyl (C=O) groups is 1. The van der Waals surface area contributed by atoms with Gasteiger partial charge in [-0.15, -0.1) is 12.4 Å². The van der Waals surface area contributed by atoms with Crippen molar-refractivity contribution in [2.45, 2.75) is 64.6 Å². The van der Waals surface area contributed by atoms with Crippen molar-refractivity contribution in [2.24, 2.45) is 0 Å². The first-order valence-corrected chi connectivity index (χ1v) is 13.2. The topological polar surface area (TPSA) is 78.8 Å². The van der Waals surface area contributed by atoms with Crippen molar-refractivity contribution in [3.05, 3.63) is 95.1 Å². The number of hydrogen-bond donors (Lipinski definition) is 3. The summed E-state index contributed by atoms with van der Waals surface area (Å²) in [4.78, 5) is 11.8. The van der Waals surface area contributed by atoms with E-state index >= 15 is 0 Å². The van der Waals surface area contributed by atoms with Crippen LogP contribution in [0, 0.1) is 0 Å². The first-order chi connectivity index (χ1) is 18.6. The van der Waals surface area contributed by atoms with Crippen LogP contribution in [-0.4, -0.2) is 35.4 Å². The fourth-order valence-electron chi connectivity index (χ4n) is 3.91. The van der Waals surface area contributed by atoms with E-state index < -0.39 is 17.7 Å². The highest BCUT2D eigenvalue weighted by molar-refractivity contribution is 5.89. The Bertz CT molecular complexity index is 1140. The first-order valence-electron chi connectivity index (χ1n) is 13.2. The van der Waals surface area contributed by atoms with Gasteiger partial charge in [0, 0.05) is 18.7 Å². The van der Waals surface area contributed by atoms with E-state index in [9.17, 15) is 23.1 Å². The Hall–Kier alpha value is -3.23. The quantitative estimate of drug-likeness (QED) is 0.151. The predicted molar refractivity (Wildman–Crippen MR) is 154 cm³/mol. The fourth-order valence-corrected chi connectivity index (χ4v) is 3.91. The lowest BCUT2D eigenvalue weighted by molar-refractivity contribution is -0.137. The van der Waals surface area contributed by atoms with Gasteiger partial charge in [0.2, 0.25) is 0 Å². The smallest absolute Gasteiger partial charge is 0.416 e. The van der Waals surface area contributed by atoms with Crippen molar-refractivity contribution in [3.8, 4) is 11.5 Å². The summed E-state index contributed by atoms with van der Waals surface area (Å²) < 4.78 is 43.3. The standard InChI is InChI=1S/C19H20F3NO2.C12H18O2.ClH/c1-14(12-15-6-5-9-17(13-15)19(20,21)22)23-10-11-25-18(24)16-7-3-2-4-8-16;1-2-3-4-5-6-10-7-8-11(13)9-12(10)14;/h2-9,13-14,23H,10-12H2,1H3;7-9,13-14H,2-6H2,1H3;1H. The molecule has 3 rings (SSSR count). The lowest BCUT2D eigenvalue weighted by atomic mass is 10.0. The third-order valence-corrected chi connectivity index (χ3v) is 6.00. The molecule has 0 spiro atoms. The fraction of sp³-hybridized carbons (Fsp3) is 0.387. The van der Waals surface area contributed by atoms with Crippen LogP contribution in [0.3, 0.4) is 0 Å². The van der Waals surface area contributed by atoms with Crippen LogP contribution in [0.25, 0.3) is 0 Å². The molecule has 1 unspecified atom stereocenters. The molecule has 0 saturated carbocycles. The zero-order valence-corrected chi connectivity index (χ0v) is 23.7. The molecule has 3 N–H and O–H groups in total. The lowest BCUT2D eigenvalue weighted by Gasteiger charge is -2.15. The van der Waals surface area contributed by atoms with Crippen molar-refractivity contribution < 1.29 is 32.9 Å². The molecule has 0 saturated heterocycles. The van der Waals surface area contributed by atoms with E-state index in [1.54, 1.807) is 42.5 Å². The Morgan fingerprint density at radius 1 is 0.950 bits per heavy atom. The van der Waals surface area contributed by atoms with Crippen LogP contribution in [-0.2, 0) is 23.8 Å². The number of aryl methyl sites for hydroxylation is 1. The molecule has 9 heteroatoms. The minimum Gasteiger partial charge on any atom is -0.508 e. The van der Waals surface area contributed by atoms with Crippen molar-refractivity contribution in [1.29, 1.82) is 0 Å². The molecule has 1 atom stereocenters. The zero-order valence-electron chi connectivity index (χ0n) is 22.9. The van der Waals surface area contributed by atoms with Gasteiger partial charge >= 0.3 is 12.1 Å². The van der Waals surface area contributed by atoms with Gasteiger partial charge in [-0.1, -0.05) is 68.7 Å². The Balaban J connectivity index is 0.000000454. The van der Waals surface area contributed by atoms with E-state index in [1.165, 1.54) is 31.4 Å². The average Bonchev–Trinajstić information content (AvgIpc) is 2.90. The van der Waals surface area contributed by atoms with Crippen molar-refractivity contribution in [1.82, 2.24) is 5.32 Å². The number of nitrogens with one attached hydrogen (secondary N) is 1. The van der Waals surface area contributed by atoms with Crippen LogP contribution in [0.2, 0.25) is 0 Å². The number of aromatic hydroxyl groups is 2. The van der Waals surface area contributed by atoms with E-state index in [0.717, 1.165) is 30.5 Å². The maximum atomic E-state index is 12.7. The summed E-state index contributed by atoms with van der Waals surface area (Å²) in [5.74, 6) is -0.0609. The maximum absolute atomic E-state index is 12.7. The van der Waals surface area contributed by atoms with Crippen molar-refractivity contribution in [2.75, 3.05) is 13.2 Å². The summed E-state index contributed by atoms with van der Waals surface area (Å²) in [7, 11) is 0. The number of phenols is 2. The van der Waals surface area contributed by atoms with Crippen molar-refractivity contribution in [3.63, 3.8) is 0 Å². The minimum absolute atomic E-state index is 0. The summed E-state index contributed by atoms with van der Waals surface area (Å²) >= 11 is 0. The summed E-state index contributed by atoms with van der Waals surface area (Å²) in [5.41, 5.74) is 1.38. The molecule has 0 aliphatic rings. The zero-order chi connectivity index (χ0) is 28.7. The van der Waals surface area contributed by atoms with Gasteiger partial charge in [-0.05, 0) is 61.6 Å². The number of hydrogen-bond acceptors (Lipinski definition) is 5. The highest BCUT2D eigenvalue weighted by Crippen LogP contribution is 2.29. The Kier molecular flexibility index (Phi) is 15.8. The summed E-state index contributed by atoms with van der Waals surface area (Å²) in [6, 6.07) is 18.7. The number of phenolic OH excluding ortho intramolecular Hbond substituents is 2. The van der Waals surface area contributed by atoms with Gasteiger partial charge in [0.15, 0.2) is 0 Å². The Labute approximate surface area is 240 Å². The average molecular weight is 582 g/mol. The van der Waals surface area contributed by atoms with E-state index in [1.807, 2.05) is 13.0 Å². The normalized spacial score (nSPS) is 11.5. The molecule has 5 nitrogen and oxygen atoms in total. The Morgan fingerprint density at radius 2 is 1.68 bits per heavy atom. The monoisotopic (exact) mass is 581 g/mol. The molecular formula is C31H39ClF3NO4. The number of carbonyl (C=O) groups excluding carboxylic acids is 1. The second-order valence-corrected chi connectivity index (χ2v) is 9.38. The molecule has 0 aliphatic heterocycles. The molecule has 0 bridgehead atoms. The molecule has 40 heavy (non-hydrogen) atoms. The molecule has 0 heterocycles. The Morgan fingerprint density at radius 3 is 2.33 bits per heavy atom. The highest BCUT2D eigenvalue weighted by atomic mass is 35.5. The molecule has 0 radical (unpaired) electrons. The second kappa shape index (κ2) is 18.2. The summed E-state index contributed by atoms with van der Waals surface area (Å²) in [6.45, 7) is 4.68. The third kappa shape index (κ3) is 13.2. The van der Waals surface area contributed by atoms with E-state index in [0.29, 0.717) is 24.1 Å². The van der Waals surface area contributed by atoms with Gasteiger partial charge in [-0.2, -0.15) is 13.2 Å². The van der Waals surface area contributed by atoms with E-state index in [2.05, 4.69) is 12.2 Å². The number of ether oxygens (including phenoxy) is 1. The molecule has 0 aromatic heterocycles. The predicted octanol–water partition coefficient (Wildman–Crippen LogP) is 7.73. The van der Waals surface area contributed by atoms with Crippen LogP contribution >= 0.6 is 12.4 Å². The van der Waals surface area contributed by atoms with Gasteiger partial charge in [-0.25, -0.2) is 4.79 Å². The van der Waals surface area contributed by atoms with Gasteiger partial charge in [0.1, 0.15) is 18.1 Å². The molecule has 0 amide bonds.